The highest BCUT2D eigenvalue weighted by atomic mass is 31.2. The molecular weight excluding hydrogens is 210 g/mol. The van der Waals surface area contributed by atoms with Gasteiger partial charge in [0.25, 0.3) is 0 Å². The fraction of sp³-hybridized carbons (Fsp3) is 1.00. The van der Waals surface area contributed by atoms with E-state index in [0.717, 1.165) is 0 Å². The van der Waals surface area contributed by atoms with E-state index >= 15 is 0 Å². The lowest BCUT2D eigenvalue weighted by atomic mass is 9.93. The van der Waals surface area contributed by atoms with Crippen molar-refractivity contribution in [3.05, 3.63) is 0 Å². The van der Waals surface area contributed by atoms with Crippen molar-refractivity contribution in [2.75, 3.05) is 13.7 Å². The summed E-state index contributed by atoms with van der Waals surface area (Å²) in [6, 6.07) is -0.747. The molecule has 5 atom stereocenters. The van der Waals surface area contributed by atoms with Crippen LogP contribution in [0.5, 0.6) is 0 Å². The normalized spacial score (nSPS) is 52.1. The van der Waals surface area contributed by atoms with Gasteiger partial charge in [-0.15, -0.1) is 0 Å². The van der Waals surface area contributed by atoms with Gasteiger partial charge in [-0.3, -0.25) is 9.05 Å². The molecule has 0 aliphatic carbocycles. The molecule has 0 aromatic heterocycles. The number of ether oxygens (including phenoxy) is 2. The number of phosphoric acid groups is 1. The lowest BCUT2D eigenvalue weighted by Crippen LogP contribution is -2.31. The topological polar surface area (TPSA) is 74.2 Å². The second-order valence-corrected chi connectivity index (χ2v) is 4.56. The highest BCUT2D eigenvalue weighted by molar-refractivity contribution is 7.47. The van der Waals surface area contributed by atoms with Crippen LogP contribution in [0.25, 0.3) is 0 Å². The molecular formula is C6H10BO6P. The van der Waals surface area contributed by atoms with Gasteiger partial charge in [0.2, 0.25) is 0 Å². The first kappa shape index (κ1) is 10.6. The highest BCUT2D eigenvalue weighted by Crippen LogP contribution is 2.56. The molecule has 8 heteroatoms. The maximum atomic E-state index is 11.1. The number of hydrogen-bond donors (Lipinski definition) is 1. The Hall–Kier alpha value is 0.0949. The van der Waals surface area contributed by atoms with E-state index in [4.69, 9.17) is 31.3 Å². The smallest absolute Gasteiger partial charge is 0.382 e. The molecule has 2 unspecified atom stereocenters. The molecule has 78 valence electrons. The maximum absolute atomic E-state index is 11.1. The number of methoxy groups -OCH3 is 1. The fourth-order valence-electron chi connectivity index (χ4n) is 1.63. The van der Waals surface area contributed by atoms with Crippen LogP contribution in [0.15, 0.2) is 0 Å². The second-order valence-electron chi connectivity index (χ2n) is 3.20. The summed E-state index contributed by atoms with van der Waals surface area (Å²) in [5.74, 6) is 0. The molecule has 2 aliphatic heterocycles. The van der Waals surface area contributed by atoms with E-state index in [1.807, 2.05) is 0 Å². The summed E-state index contributed by atoms with van der Waals surface area (Å²) in [5, 5.41) is 0. The minimum absolute atomic E-state index is 0.248. The molecule has 2 radical (unpaired) electrons. The summed E-state index contributed by atoms with van der Waals surface area (Å²) in [6.07, 6.45) is -1.77. The van der Waals surface area contributed by atoms with Crippen LogP contribution < -0.4 is 0 Å². The van der Waals surface area contributed by atoms with Crippen LogP contribution in [-0.4, -0.2) is 50.8 Å². The molecule has 0 aromatic rings. The van der Waals surface area contributed by atoms with Gasteiger partial charge in [-0.05, 0) is 0 Å². The van der Waals surface area contributed by atoms with E-state index in [9.17, 15) is 4.57 Å². The van der Waals surface area contributed by atoms with Crippen molar-refractivity contribution in [2.45, 2.75) is 24.3 Å². The Morgan fingerprint density at radius 1 is 1.50 bits per heavy atom. The summed E-state index contributed by atoms with van der Waals surface area (Å²) in [5.41, 5.74) is 0. The summed E-state index contributed by atoms with van der Waals surface area (Å²) in [7, 11) is 3.11. The predicted molar refractivity (Wildman–Crippen MR) is 45.9 cm³/mol. The van der Waals surface area contributed by atoms with Crippen LogP contribution in [0, 0.1) is 0 Å². The quantitative estimate of drug-likeness (QED) is 0.495. The number of phosphoric ester groups is 1. The van der Waals surface area contributed by atoms with Crippen molar-refractivity contribution in [1.29, 1.82) is 0 Å². The summed E-state index contributed by atoms with van der Waals surface area (Å²) in [4.78, 5) is 9.06. The molecule has 14 heavy (non-hydrogen) atoms. The highest BCUT2D eigenvalue weighted by Gasteiger charge is 2.55. The Labute approximate surface area is 82.5 Å². The van der Waals surface area contributed by atoms with Crippen LogP contribution in [-0.2, 0) is 23.1 Å². The van der Waals surface area contributed by atoms with E-state index in [1.54, 1.807) is 0 Å². The molecule has 2 rings (SSSR count). The van der Waals surface area contributed by atoms with Gasteiger partial charge in [0.05, 0.1) is 6.61 Å². The zero-order valence-electron chi connectivity index (χ0n) is 7.53. The Bertz CT molecular complexity index is 273. The second kappa shape index (κ2) is 3.59. The fourth-order valence-corrected chi connectivity index (χ4v) is 2.79. The lowest BCUT2D eigenvalue weighted by Gasteiger charge is -2.15. The number of fused-ring (bicyclic) bond motifs is 1. The zero-order chi connectivity index (χ0) is 10.3. The first-order valence-corrected chi connectivity index (χ1v) is 5.62. The minimum Gasteiger partial charge on any atom is -0.382 e. The van der Waals surface area contributed by atoms with Gasteiger partial charge < -0.3 is 14.4 Å². The molecule has 1 N–H and O–H groups in total. The van der Waals surface area contributed by atoms with Crippen LogP contribution in [0.3, 0.4) is 0 Å². The SMILES string of the molecule is [B][C@@H]1O[C@H](COC)C2OP(=O)(O)O[C@@H]21. The summed E-state index contributed by atoms with van der Waals surface area (Å²) < 4.78 is 30.7. The summed E-state index contributed by atoms with van der Waals surface area (Å²) >= 11 is 0. The average molecular weight is 220 g/mol. The molecule has 0 amide bonds. The largest absolute Gasteiger partial charge is 0.473 e. The Morgan fingerprint density at radius 3 is 2.79 bits per heavy atom. The third-order valence-electron chi connectivity index (χ3n) is 2.19. The molecule has 2 aliphatic rings. The molecule has 0 spiro atoms. The molecule has 2 heterocycles. The summed E-state index contributed by atoms with van der Waals surface area (Å²) in [6.45, 7) is 0.248. The van der Waals surface area contributed by atoms with Gasteiger partial charge in [0.15, 0.2) is 0 Å². The number of hydrogen-bond acceptors (Lipinski definition) is 5. The van der Waals surface area contributed by atoms with Crippen molar-refractivity contribution >= 4 is 15.7 Å². The van der Waals surface area contributed by atoms with Crippen LogP contribution in [0.4, 0.5) is 0 Å². The molecule has 0 saturated carbocycles. The van der Waals surface area contributed by atoms with Crippen molar-refractivity contribution in [3.63, 3.8) is 0 Å². The minimum atomic E-state index is -3.93. The van der Waals surface area contributed by atoms with Crippen molar-refractivity contribution in [1.82, 2.24) is 0 Å². The van der Waals surface area contributed by atoms with Crippen molar-refractivity contribution in [2.24, 2.45) is 0 Å². The molecule has 0 bridgehead atoms. The lowest BCUT2D eigenvalue weighted by molar-refractivity contribution is -0.0157. The van der Waals surface area contributed by atoms with E-state index in [1.165, 1.54) is 7.11 Å². The monoisotopic (exact) mass is 220 g/mol. The predicted octanol–water partition coefficient (Wildman–Crippen LogP) is -0.589. The third-order valence-corrected chi connectivity index (χ3v) is 3.21. The van der Waals surface area contributed by atoms with Gasteiger partial charge >= 0.3 is 7.82 Å². The first-order chi connectivity index (χ1) is 6.53. The molecule has 2 saturated heterocycles. The molecule has 2 fully saturated rings. The molecule has 0 aromatic carbocycles. The maximum Gasteiger partial charge on any atom is 0.473 e. The Kier molecular flexibility index (Phi) is 2.72. The van der Waals surface area contributed by atoms with Gasteiger partial charge in [0, 0.05) is 13.1 Å². The van der Waals surface area contributed by atoms with Gasteiger partial charge in [-0.25, -0.2) is 4.57 Å². The van der Waals surface area contributed by atoms with Gasteiger partial charge in [0.1, 0.15) is 26.2 Å². The van der Waals surface area contributed by atoms with E-state index < -0.39 is 32.1 Å². The van der Waals surface area contributed by atoms with E-state index in [-0.39, 0.29) is 6.61 Å². The molecule has 6 nitrogen and oxygen atoms in total. The average Bonchev–Trinajstić information content (AvgIpc) is 2.51. The third kappa shape index (κ3) is 1.76. The van der Waals surface area contributed by atoms with Gasteiger partial charge in [-0.1, -0.05) is 0 Å². The van der Waals surface area contributed by atoms with Gasteiger partial charge in [-0.2, -0.15) is 0 Å². The van der Waals surface area contributed by atoms with E-state index in [0.29, 0.717) is 0 Å². The Balaban J connectivity index is 2.10. The van der Waals surface area contributed by atoms with Crippen molar-refractivity contribution in [3.8, 4) is 0 Å². The van der Waals surface area contributed by atoms with Crippen molar-refractivity contribution < 1.29 is 28.0 Å². The zero-order valence-corrected chi connectivity index (χ0v) is 8.42. The van der Waals surface area contributed by atoms with Crippen LogP contribution in [0.1, 0.15) is 0 Å². The van der Waals surface area contributed by atoms with Crippen LogP contribution in [0.2, 0.25) is 0 Å². The van der Waals surface area contributed by atoms with Crippen LogP contribution >= 0.6 is 7.82 Å². The standard InChI is InChI=1S/C6H10BO6P/c1-10-2-3-4-5(6(7)11-3)13-14(8,9)12-4/h3-6H,2H2,1H3,(H,8,9)/t3-,4?,5+,6-/m1/s1. The number of rotatable bonds is 2. The van der Waals surface area contributed by atoms with E-state index in [2.05, 4.69) is 0 Å². The Morgan fingerprint density at radius 2 is 2.14 bits per heavy atom. The first-order valence-electron chi connectivity index (χ1n) is 4.13.